The monoisotopic (exact) mass is 573 g/mol. The highest BCUT2D eigenvalue weighted by Gasteiger charge is 2.47. The number of benzene rings is 1. The van der Waals surface area contributed by atoms with Crippen molar-refractivity contribution in [1.82, 2.24) is 20.1 Å². The quantitative estimate of drug-likeness (QED) is 0.175. The third kappa shape index (κ3) is 8.25. The summed E-state index contributed by atoms with van der Waals surface area (Å²) in [5.74, 6) is -1.25. The lowest BCUT2D eigenvalue weighted by molar-refractivity contribution is -0.150. The molecule has 0 radical (unpaired) electrons. The minimum Gasteiger partial charge on any atom is -0.430 e. The van der Waals surface area contributed by atoms with Gasteiger partial charge in [0.25, 0.3) is 0 Å². The standard InChI is InChI=1S/C27H33N4O8P/c1-30(2)14-11-23-17-31(25-10-4-3-9-24(23)25)18-37-40(34,38-19-35-26(32)21-7-5-12-28-15-21)39-20-36-27(33)22-8-6-13-29-16-22/h3-6,9-10,12-13,15-17,34H,7-8,11,14,18-20H2,1-2H3,(H-,28,29,32,33)/p+1. The lowest BCUT2D eigenvalue weighted by Crippen LogP contribution is -2.19. The number of carbonyl (C=O) groups excluding carboxylic acids is 2. The number of rotatable bonds is 14. The number of hydrogen-bond donors (Lipinski definition) is 3. The zero-order valence-corrected chi connectivity index (χ0v) is 23.3. The number of fused-ring (bicyclic) bond motifs is 1. The molecule has 0 aliphatic carbocycles. The summed E-state index contributed by atoms with van der Waals surface area (Å²) in [5.41, 5.74) is 2.79. The second-order valence-electron chi connectivity index (χ2n) is 9.16. The minimum absolute atomic E-state index is 0.131. The van der Waals surface area contributed by atoms with Gasteiger partial charge >= 0.3 is 20.1 Å². The second-order valence-corrected chi connectivity index (χ2v) is 10.9. The van der Waals surface area contributed by atoms with Crippen LogP contribution in [0.3, 0.4) is 0 Å². The molecule has 0 atom stereocenters. The second kappa shape index (κ2) is 14.2. The number of dihydropyridines is 2. The molecule has 0 fully saturated rings. The highest BCUT2D eigenvalue weighted by atomic mass is 31.2. The first-order valence-electron chi connectivity index (χ1n) is 12.7. The summed E-state index contributed by atoms with van der Waals surface area (Å²) in [6.07, 6.45) is 13.5. The van der Waals surface area contributed by atoms with Gasteiger partial charge in [-0.15, -0.1) is 13.6 Å². The highest BCUT2D eigenvalue weighted by Crippen LogP contribution is 2.58. The van der Waals surface area contributed by atoms with Crippen LogP contribution < -0.4 is 10.6 Å². The average molecular weight is 574 g/mol. The summed E-state index contributed by atoms with van der Waals surface area (Å²) < 4.78 is 28.6. The Morgan fingerprint density at radius 3 is 2.10 bits per heavy atom. The van der Waals surface area contributed by atoms with E-state index in [1.807, 2.05) is 49.1 Å². The third-order valence-electron chi connectivity index (χ3n) is 6.01. The van der Waals surface area contributed by atoms with Crippen LogP contribution in [0.1, 0.15) is 18.4 Å². The molecule has 214 valence electrons. The van der Waals surface area contributed by atoms with Gasteiger partial charge in [-0.05, 0) is 44.5 Å². The van der Waals surface area contributed by atoms with Crippen molar-refractivity contribution >= 4 is 31.0 Å². The molecule has 2 aromatic rings. The van der Waals surface area contributed by atoms with E-state index in [4.69, 9.17) is 23.0 Å². The molecule has 1 aromatic carbocycles. The summed E-state index contributed by atoms with van der Waals surface area (Å²) in [7, 11) is -0.0866. The zero-order valence-electron chi connectivity index (χ0n) is 22.4. The minimum atomic E-state index is -4.11. The van der Waals surface area contributed by atoms with Crippen LogP contribution in [-0.2, 0) is 45.8 Å². The molecule has 4 rings (SSSR count). The smallest absolute Gasteiger partial charge is 0.430 e. The maximum absolute atomic E-state index is 12.3. The van der Waals surface area contributed by atoms with Gasteiger partial charge in [-0.3, -0.25) is 0 Å². The molecule has 12 nitrogen and oxygen atoms in total. The first-order valence-corrected chi connectivity index (χ1v) is 14.2. The van der Waals surface area contributed by atoms with Crippen LogP contribution in [0.4, 0.5) is 0 Å². The first kappa shape index (κ1) is 29.5. The topological polar surface area (TPSA) is 133 Å². The average Bonchev–Trinajstić information content (AvgIpc) is 3.33. The largest absolute Gasteiger partial charge is 0.581 e. The molecule has 3 N–H and O–H groups in total. The number of esters is 2. The molecule has 2 aliphatic heterocycles. The number of aromatic nitrogens is 1. The number of nitrogens with zero attached hydrogens (tertiary/aromatic N) is 2. The fourth-order valence-corrected chi connectivity index (χ4v) is 4.77. The maximum atomic E-state index is 12.3. The lowest BCUT2D eigenvalue weighted by atomic mass is 10.1. The fourth-order valence-electron chi connectivity index (χ4n) is 3.91. The van der Waals surface area contributed by atoms with Gasteiger partial charge in [0, 0.05) is 43.4 Å². The van der Waals surface area contributed by atoms with Crippen molar-refractivity contribution in [2.45, 2.75) is 26.0 Å². The van der Waals surface area contributed by atoms with Gasteiger partial charge in [-0.25, -0.2) is 9.59 Å². The van der Waals surface area contributed by atoms with Gasteiger partial charge in [0.15, 0.2) is 6.73 Å². The summed E-state index contributed by atoms with van der Waals surface area (Å²) in [6, 6.07) is 7.85. The van der Waals surface area contributed by atoms with Crippen molar-refractivity contribution in [3.8, 4) is 0 Å². The van der Waals surface area contributed by atoms with E-state index in [1.54, 1.807) is 24.6 Å². The Bertz CT molecular complexity index is 1270. The number of hydrogen-bond acceptors (Lipinski definition) is 11. The van der Waals surface area contributed by atoms with Crippen LogP contribution in [0.25, 0.3) is 10.9 Å². The molecular weight excluding hydrogens is 539 g/mol. The lowest BCUT2D eigenvalue weighted by Gasteiger charge is -2.16. The molecule has 40 heavy (non-hydrogen) atoms. The number of nitrogens with one attached hydrogen (secondary N) is 2. The summed E-state index contributed by atoms with van der Waals surface area (Å²) in [5, 5.41) is 6.69. The van der Waals surface area contributed by atoms with Crippen LogP contribution in [0, 0.1) is 0 Å². The first-order chi connectivity index (χ1) is 19.3. The predicted octanol–water partition coefficient (Wildman–Crippen LogP) is 3.21. The Hall–Kier alpha value is -3.51. The van der Waals surface area contributed by atoms with Gasteiger partial charge < -0.3 is 29.6 Å². The Labute approximate surface area is 233 Å². The van der Waals surface area contributed by atoms with E-state index in [1.165, 1.54) is 12.4 Å². The Morgan fingerprint density at radius 1 is 0.950 bits per heavy atom. The Morgan fingerprint density at radius 2 is 1.55 bits per heavy atom. The molecule has 2 aliphatic rings. The van der Waals surface area contributed by atoms with Gasteiger partial charge in [-0.2, -0.15) is 4.89 Å². The fraction of sp³-hybridized carbons (Fsp3) is 0.333. The van der Waals surface area contributed by atoms with E-state index >= 15 is 0 Å². The normalized spacial score (nSPS) is 14.9. The molecule has 0 spiro atoms. The molecule has 0 saturated heterocycles. The Kier molecular flexibility index (Phi) is 10.5. The molecule has 1 aromatic heterocycles. The molecule has 0 saturated carbocycles. The van der Waals surface area contributed by atoms with Crippen LogP contribution in [0.5, 0.6) is 0 Å². The number of allylic oxidation sites excluding steroid dienone is 2. The van der Waals surface area contributed by atoms with Gasteiger partial charge in [0.05, 0.1) is 16.7 Å². The van der Waals surface area contributed by atoms with Crippen LogP contribution in [0.15, 0.2) is 78.6 Å². The van der Waals surface area contributed by atoms with E-state index in [0.29, 0.717) is 24.0 Å². The molecule has 0 amide bonds. The number of carbonyl (C=O) groups is 2. The molecular formula is C27H34N4O8P+. The van der Waals surface area contributed by atoms with Crippen LogP contribution in [0.2, 0.25) is 0 Å². The molecule has 0 unspecified atom stereocenters. The molecule has 3 heterocycles. The van der Waals surface area contributed by atoms with Crippen molar-refractivity contribution in [2.75, 3.05) is 34.2 Å². The van der Waals surface area contributed by atoms with Crippen molar-refractivity contribution in [3.63, 3.8) is 0 Å². The van der Waals surface area contributed by atoms with Crippen molar-refractivity contribution < 1.29 is 37.5 Å². The summed E-state index contributed by atoms with van der Waals surface area (Å²) in [4.78, 5) is 37.9. The van der Waals surface area contributed by atoms with Crippen molar-refractivity contribution in [2.24, 2.45) is 0 Å². The summed E-state index contributed by atoms with van der Waals surface area (Å²) >= 11 is 0. The van der Waals surface area contributed by atoms with E-state index in [9.17, 15) is 14.5 Å². The van der Waals surface area contributed by atoms with Crippen LogP contribution >= 0.6 is 8.17 Å². The van der Waals surface area contributed by atoms with Gasteiger partial charge in [0.2, 0.25) is 13.6 Å². The van der Waals surface area contributed by atoms with E-state index in [2.05, 4.69) is 15.5 Å². The highest BCUT2D eigenvalue weighted by molar-refractivity contribution is 7.55. The molecule has 13 heteroatoms. The maximum Gasteiger partial charge on any atom is 0.581 e. The van der Waals surface area contributed by atoms with Crippen molar-refractivity contribution in [1.29, 1.82) is 0 Å². The van der Waals surface area contributed by atoms with Crippen molar-refractivity contribution in [3.05, 3.63) is 84.1 Å². The van der Waals surface area contributed by atoms with E-state index < -0.39 is 33.7 Å². The predicted molar refractivity (Wildman–Crippen MR) is 148 cm³/mol. The van der Waals surface area contributed by atoms with Crippen LogP contribution in [-0.4, -0.2) is 60.5 Å². The van der Waals surface area contributed by atoms with Gasteiger partial charge in [-0.1, -0.05) is 30.4 Å². The summed E-state index contributed by atoms with van der Waals surface area (Å²) in [6.45, 7) is -0.552. The van der Waals surface area contributed by atoms with Gasteiger partial charge in [0.1, 0.15) is 0 Å². The SMILES string of the molecule is CN(C)CCc1cn(CO[P+](O)(OCOC(=O)C2=CNC=CC2)OCOC(=O)C2=CNC=CC2)c2ccccc12. The number of ether oxygens (including phenoxy) is 2. The number of para-hydroxylation sites is 1. The van der Waals surface area contributed by atoms with E-state index in [-0.39, 0.29) is 6.73 Å². The van der Waals surface area contributed by atoms with E-state index in [0.717, 1.165) is 29.4 Å². The number of likely N-dealkylation sites (N-methyl/N-ethyl adjacent to an activating group) is 1. The Balaban J connectivity index is 1.41. The molecule has 0 bridgehead atoms. The third-order valence-corrected chi connectivity index (χ3v) is 7.32. The zero-order chi connectivity index (χ0) is 28.4.